The van der Waals surface area contributed by atoms with Crippen molar-refractivity contribution in [2.24, 2.45) is 0 Å². The van der Waals surface area contributed by atoms with Crippen molar-refractivity contribution in [2.45, 2.75) is 13.3 Å². The molecule has 0 aliphatic rings. The van der Waals surface area contributed by atoms with Crippen LogP contribution >= 0.6 is 0 Å². The first-order valence-electron chi connectivity index (χ1n) is 8.30. The predicted octanol–water partition coefficient (Wildman–Crippen LogP) is 2.72. The van der Waals surface area contributed by atoms with Crippen molar-refractivity contribution in [3.05, 3.63) is 53.5 Å². The molecule has 140 valence electrons. The zero-order chi connectivity index (χ0) is 19.6. The minimum atomic E-state index is -0.565. The van der Waals surface area contributed by atoms with Crippen molar-refractivity contribution in [3.8, 4) is 22.6 Å². The molecule has 0 amide bonds. The van der Waals surface area contributed by atoms with Crippen LogP contribution in [-0.4, -0.2) is 21.7 Å². The summed E-state index contributed by atoms with van der Waals surface area (Å²) in [6.07, 6.45) is 1.91. The zero-order valence-electron chi connectivity index (χ0n) is 14.7. The van der Waals surface area contributed by atoms with Gasteiger partial charge in [-0.3, -0.25) is 0 Å². The minimum Gasteiger partial charge on any atom is -0.507 e. The monoisotopic (exact) mass is 369 g/mol. The Morgan fingerprint density at radius 2 is 1.93 bits per heavy atom. The highest BCUT2D eigenvalue weighted by Gasteiger charge is 2.16. The summed E-state index contributed by atoms with van der Waals surface area (Å²) in [4.78, 5) is 7.87. The SMILES string of the molecule is CCOc1cc(Cc2cnc(N)nc2N)cc(O)c1-c1ccc(N)c(F)c1. The van der Waals surface area contributed by atoms with Crippen molar-refractivity contribution < 1.29 is 14.2 Å². The molecule has 0 unspecified atom stereocenters. The fourth-order valence-electron chi connectivity index (χ4n) is 2.79. The van der Waals surface area contributed by atoms with Crippen molar-refractivity contribution in [3.63, 3.8) is 0 Å². The number of nitrogens with two attached hydrogens (primary N) is 3. The van der Waals surface area contributed by atoms with Crippen molar-refractivity contribution >= 4 is 17.5 Å². The van der Waals surface area contributed by atoms with Crippen LogP contribution in [0.4, 0.5) is 21.8 Å². The van der Waals surface area contributed by atoms with E-state index in [1.165, 1.54) is 12.1 Å². The van der Waals surface area contributed by atoms with Crippen molar-refractivity contribution in [1.82, 2.24) is 9.97 Å². The number of phenols is 1. The number of nitrogens with zero attached hydrogens (tertiary/aromatic N) is 2. The normalized spacial score (nSPS) is 10.7. The molecule has 3 aromatic rings. The van der Waals surface area contributed by atoms with Crippen LogP contribution in [0.1, 0.15) is 18.1 Å². The Labute approximate surface area is 155 Å². The minimum absolute atomic E-state index is 0.0339. The predicted molar refractivity (Wildman–Crippen MR) is 103 cm³/mol. The molecule has 0 atom stereocenters. The third-order valence-electron chi connectivity index (χ3n) is 4.04. The zero-order valence-corrected chi connectivity index (χ0v) is 14.7. The van der Waals surface area contributed by atoms with Crippen molar-refractivity contribution in [1.29, 1.82) is 0 Å². The Balaban J connectivity index is 2.05. The quantitative estimate of drug-likeness (QED) is 0.508. The van der Waals surface area contributed by atoms with Gasteiger partial charge in [0.1, 0.15) is 23.1 Å². The van der Waals surface area contributed by atoms with E-state index in [2.05, 4.69) is 9.97 Å². The van der Waals surface area contributed by atoms with Gasteiger partial charge in [0.25, 0.3) is 0 Å². The van der Waals surface area contributed by atoms with Gasteiger partial charge in [-0.2, -0.15) is 4.98 Å². The maximum absolute atomic E-state index is 13.9. The van der Waals surface area contributed by atoms with E-state index in [-0.39, 0.29) is 23.2 Å². The number of aromatic hydroxyl groups is 1. The average Bonchev–Trinajstić information content (AvgIpc) is 2.60. The lowest BCUT2D eigenvalue weighted by Gasteiger charge is -2.15. The molecule has 0 aliphatic heterocycles. The van der Waals surface area contributed by atoms with Gasteiger partial charge in [-0.15, -0.1) is 0 Å². The maximum Gasteiger partial charge on any atom is 0.221 e. The second kappa shape index (κ2) is 7.36. The van der Waals surface area contributed by atoms with Crippen LogP contribution in [0, 0.1) is 5.82 Å². The molecule has 0 fully saturated rings. The molecule has 7 N–H and O–H groups in total. The van der Waals surface area contributed by atoms with E-state index in [1.54, 1.807) is 24.4 Å². The lowest BCUT2D eigenvalue weighted by molar-refractivity contribution is 0.339. The number of rotatable bonds is 5. The Hall–Kier alpha value is -3.55. The standard InChI is InChI=1S/C19H20FN5O2/c1-2-27-16-7-10(5-12-9-24-19(23)25-18(12)22)6-15(26)17(16)11-3-4-14(21)13(20)8-11/h3-4,6-9,26H,2,5,21H2,1H3,(H4,22,23,24,25). The highest BCUT2D eigenvalue weighted by molar-refractivity contribution is 5.78. The van der Waals surface area contributed by atoms with Crippen molar-refractivity contribution in [2.75, 3.05) is 23.8 Å². The lowest BCUT2D eigenvalue weighted by atomic mass is 9.98. The molecule has 1 heterocycles. The van der Waals surface area contributed by atoms with Crippen LogP contribution in [0.25, 0.3) is 11.1 Å². The maximum atomic E-state index is 13.9. The van der Waals surface area contributed by atoms with Crippen LogP contribution in [0.3, 0.4) is 0 Å². The number of hydrogen-bond acceptors (Lipinski definition) is 7. The van der Waals surface area contributed by atoms with E-state index in [0.717, 1.165) is 5.56 Å². The highest BCUT2D eigenvalue weighted by atomic mass is 19.1. The third-order valence-corrected chi connectivity index (χ3v) is 4.04. The lowest BCUT2D eigenvalue weighted by Crippen LogP contribution is -2.04. The van der Waals surface area contributed by atoms with E-state index in [9.17, 15) is 9.50 Å². The number of phenolic OH excluding ortho intramolecular Hbond substituents is 1. The molecule has 27 heavy (non-hydrogen) atoms. The van der Waals surface area contributed by atoms with Gasteiger partial charge in [-0.05, 0) is 42.3 Å². The molecular formula is C19H20FN5O2. The van der Waals surface area contributed by atoms with Crippen LogP contribution in [0.5, 0.6) is 11.5 Å². The Morgan fingerprint density at radius 1 is 1.15 bits per heavy atom. The summed E-state index contributed by atoms with van der Waals surface area (Å²) in [6.45, 7) is 2.20. The number of anilines is 3. The number of nitrogen functional groups attached to an aromatic ring is 3. The molecule has 0 saturated heterocycles. The molecule has 2 aromatic carbocycles. The molecule has 3 rings (SSSR count). The molecule has 0 radical (unpaired) electrons. The van der Waals surface area contributed by atoms with Crippen LogP contribution in [0.2, 0.25) is 0 Å². The molecule has 0 spiro atoms. The van der Waals surface area contributed by atoms with E-state index in [0.29, 0.717) is 35.5 Å². The molecule has 0 bridgehead atoms. The number of benzene rings is 2. The number of hydrogen-bond donors (Lipinski definition) is 4. The first kappa shape index (κ1) is 18.2. The van der Waals surface area contributed by atoms with E-state index in [1.807, 2.05) is 6.92 Å². The van der Waals surface area contributed by atoms with Gasteiger partial charge in [0.05, 0.1) is 17.9 Å². The molecule has 0 aliphatic carbocycles. The van der Waals surface area contributed by atoms with E-state index in [4.69, 9.17) is 21.9 Å². The average molecular weight is 369 g/mol. The van der Waals surface area contributed by atoms with Crippen LogP contribution in [-0.2, 0) is 6.42 Å². The van der Waals surface area contributed by atoms with Crippen LogP contribution in [0.15, 0.2) is 36.5 Å². The molecular weight excluding hydrogens is 349 g/mol. The van der Waals surface area contributed by atoms with E-state index >= 15 is 0 Å². The first-order valence-corrected chi connectivity index (χ1v) is 8.30. The molecule has 0 saturated carbocycles. The summed E-state index contributed by atoms with van der Waals surface area (Å²) in [5, 5.41) is 10.6. The van der Waals surface area contributed by atoms with Gasteiger partial charge in [-0.25, -0.2) is 9.37 Å². The Kier molecular flexibility index (Phi) is 4.98. The van der Waals surface area contributed by atoms with Gasteiger partial charge < -0.3 is 27.0 Å². The smallest absolute Gasteiger partial charge is 0.221 e. The fraction of sp³-hybridized carbons (Fsp3) is 0.158. The summed E-state index contributed by atoms with van der Waals surface area (Å²) >= 11 is 0. The van der Waals surface area contributed by atoms with Gasteiger partial charge in [-0.1, -0.05) is 6.07 Å². The van der Waals surface area contributed by atoms with Crippen LogP contribution < -0.4 is 21.9 Å². The third kappa shape index (κ3) is 3.84. The number of aromatic nitrogens is 2. The Bertz CT molecular complexity index is 994. The topological polar surface area (TPSA) is 133 Å². The van der Waals surface area contributed by atoms with Gasteiger partial charge in [0.2, 0.25) is 5.95 Å². The van der Waals surface area contributed by atoms with Gasteiger partial charge >= 0.3 is 0 Å². The summed E-state index contributed by atoms with van der Waals surface area (Å²) in [7, 11) is 0. The summed E-state index contributed by atoms with van der Waals surface area (Å²) < 4.78 is 19.5. The Morgan fingerprint density at radius 3 is 2.59 bits per heavy atom. The molecule has 1 aromatic heterocycles. The van der Waals surface area contributed by atoms with E-state index < -0.39 is 5.82 Å². The highest BCUT2D eigenvalue weighted by Crippen LogP contribution is 2.40. The molecule has 7 nitrogen and oxygen atoms in total. The first-order chi connectivity index (χ1) is 12.9. The second-order valence-corrected chi connectivity index (χ2v) is 5.97. The number of halogens is 1. The summed E-state index contributed by atoms with van der Waals surface area (Å²) in [5.74, 6) is 0.173. The van der Waals surface area contributed by atoms with Gasteiger partial charge in [0.15, 0.2) is 0 Å². The number of ether oxygens (including phenoxy) is 1. The second-order valence-electron chi connectivity index (χ2n) is 5.97. The summed E-state index contributed by atoms with van der Waals surface area (Å²) in [6, 6.07) is 7.67. The van der Waals surface area contributed by atoms with Gasteiger partial charge in [0, 0.05) is 18.2 Å². The molecule has 8 heteroatoms. The largest absolute Gasteiger partial charge is 0.507 e. The fourth-order valence-corrected chi connectivity index (χ4v) is 2.79. The summed E-state index contributed by atoms with van der Waals surface area (Å²) in [5.41, 5.74) is 19.2.